The van der Waals surface area contributed by atoms with Crippen molar-refractivity contribution < 1.29 is 27.2 Å². The van der Waals surface area contributed by atoms with Crippen LogP contribution in [0.1, 0.15) is 56.0 Å². The molecule has 0 aliphatic carbocycles. The molecule has 188 valence electrons. The van der Waals surface area contributed by atoms with Crippen LogP contribution in [0.4, 0.5) is 4.39 Å². The van der Waals surface area contributed by atoms with Crippen molar-refractivity contribution in [2.45, 2.75) is 63.6 Å². The predicted octanol–water partition coefficient (Wildman–Crippen LogP) is 3.08. The molecule has 1 N–H and O–H groups in total. The van der Waals surface area contributed by atoms with E-state index in [0.29, 0.717) is 5.56 Å². The fourth-order valence-electron chi connectivity index (χ4n) is 3.80. The Balaban J connectivity index is 1.71. The minimum Gasteiger partial charge on any atom is -0.352 e. The summed E-state index contributed by atoms with van der Waals surface area (Å²) >= 11 is 0. The van der Waals surface area contributed by atoms with Crippen molar-refractivity contribution in [3.05, 3.63) is 65.5 Å². The Morgan fingerprint density at radius 1 is 1.09 bits per heavy atom. The fraction of sp³-hybridized carbons (Fsp3) is 0.400. The first-order chi connectivity index (χ1) is 16.6. The van der Waals surface area contributed by atoms with E-state index in [0.717, 1.165) is 10.7 Å². The molecule has 0 fully saturated rings. The third-order valence-corrected chi connectivity index (χ3v) is 7.94. The normalized spacial score (nSPS) is 15.9. The number of hydrogen-bond donors (Lipinski definition) is 1. The summed E-state index contributed by atoms with van der Waals surface area (Å²) in [6.07, 6.45) is 0.750. The van der Waals surface area contributed by atoms with Gasteiger partial charge in [0.15, 0.2) is 0 Å². The Morgan fingerprint density at radius 2 is 1.74 bits per heavy atom. The van der Waals surface area contributed by atoms with Crippen LogP contribution in [0.2, 0.25) is 0 Å². The summed E-state index contributed by atoms with van der Waals surface area (Å²) in [6.45, 7) is 5.34. The molecular formula is C25H30FN3O5S. The lowest BCUT2D eigenvalue weighted by atomic mass is 10.1. The summed E-state index contributed by atoms with van der Waals surface area (Å²) in [6, 6.07) is 10.8. The van der Waals surface area contributed by atoms with Gasteiger partial charge >= 0.3 is 0 Å². The van der Waals surface area contributed by atoms with E-state index in [1.807, 2.05) is 13.8 Å². The number of fused-ring (bicyclic) bond motifs is 1. The lowest BCUT2D eigenvalue weighted by molar-refractivity contribution is -0.141. The maximum absolute atomic E-state index is 13.3. The Hall–Kier alpha value is -3.27. The molecule has 0 saturated carbocycles. The van der Waals surface area contributed by atoms with Gasteiger partial charge < -0.3 is 10.2 Å². The number of carbonyl (C=O) groups is 3. The average molecular weight is 504 g/mol. The third kappa shape index (κ3) is 5.87. The van der Waals surface area contributed by atoms with Crippen LogP contribution in [0.3, 0.4) is 0 Å². The molecule has 2 atom stereocenters. The molecule has 0 radical (unpaired) electrons. The molecule has 0 spiro atoms. The Bertz CT molecular complexity index is 1200. The molecule has 0 bridgehead atoms. The lowest BCUT2D eigenvalue weighted by Crippen LogP contribution is -2.49. The third-order valence-electron chi connectivity index (χ3n) is 6.10. The number of sulfonamides is 1. The summed E-state index contributed by atoms with van der Waals surface area (Å²) < 4.78 is 39.6. The predicted molar refractivity (Wildman–Crippen MR) is 128 cm³/mol. The molecule has 3 amide bonds. The van der Waals surface area contributed by atoms with Gasteiger partial charge in [-0.1, -0.05) is 31.2 Å². The SMILES string of the molecule is CC[C@H](C)NC(=O)[C@H](C)N(Cc1ccc(F)cc1)C(=O)CCCN1C(=O)c2ccccc2S1(=O)=O. The molecule has 8 nitrogen and oxygen atoms in total. The van der Waals surface area contributed by atoms with E-state index >= 15 is 0 Å². The second kappa shape index (κ2) is 11.0. The average Bonchev–Trinajstić information content (AvgIpc) is 3.03. The van der Waals surface area contributed by atoms with Crippen molar-refractivity contribution in [1.82, 2.24) is 14.5 Å². The van der Waals surface area contributed by atoms with Crippen LogP contribution in [-0.2, 0) is 26.2 Å². The first kappa shape index (κ1) is 26.3. The van der Waals surface area contributed by atoms with Crippen LogP contribution in [0.25, 0.3) is 0 Å². The number of nitrogens with one attached hydrogen (secondary N) is 1. The Morgan fingerprint density at radius 3 is 2.37 bits per heavy atom. The summed E-state index contributed by atoms with van der Waals surface area (Å²) in [7, 11) is -3.95. The van der Waals surface area contributed by atoms with E-state index in [9.17, 15) is 27.2 Å². The largest absolute Gasteiger partial charge is 0.352 e. The molecule has 35 heavy (non-hydrogen) atoms. The summed E-state index contributed by atoms with van der Waals surface area (Å²) in [5, 5.41) is 2.86. The highest BCUT2D eigenvalue weighted by Crippen LogP contribution is 2.30. The Labute approximate surface area is 205 Å². The lowest BCUT2D eigenvalue weighted by Gasteiger charge is -2.30. The van der Waals surface area contributed by atoms with Gasteiger partial charge in [0, 0.05) is 25.6 Å². The number of benzene rings is 2. The summed E-state index contributed by atoms with van der Waals surface area (Å²) in [5.41, 5.74) is 0.766. The molecule has 2 aromatic carbocycles. The van der Waals surface area contributed by atoms with Gasteiger partial charge in [-0.15, -0.1) is 0 Å². The topological polar surface area (TPSA) is 104 Å². The number of hydrogen-bond acceptors (Lipinski definition) is 5. The smallest absolute Gasteiger partial charge is 0.269 e. The van der Waals surface area contributed by atoms with Gasteiger partial charge in [0.25, 0.3) is 15.9 Å². The number of nitrogens with zero attached hydrogens (tertiary/aromatic N) is 2. The molecule has 3 rings (SSSR count). The van der Waals surface area contributed by atoms with Gasteiger partial charge in [-0.25, -0.2) is 17.1 Å². The Kier molecular flexibility index (Phi) is 8.26. The van der Waals surface area contributed by atoms with Gasteiger partial charge in [-0.2, -0.15) is 0 Å². The molecule has 1 heterocycles. The molecule has 1 aliphatic rings. The first-order valence-electron chi connectivity index (χ1n) is 11.6. The van der Waals surface area contributed by atoms with Crippen molar-refractivity contribution >= 4 is 27.7 Å². The van der Waals surface area contributed by atoms with Crippen LogP contribution in [0.15, 0.2) is 53.4 Å². The zero-order chi connectivity index (χ0) is 25.8. The van der Waals surface area contributed by atoms with Crippen molar-refractivity contribution in [3.63, 3.8) is 0 Å². The van der Waals surface area contributed by atoms with Gasteiger partial charge in [0.05, 0.1) is 5.56 Å². The monoisotopic (exact) mass is 503 g/mol. The quantitative estimate of drug-likeness (QED) is 0.537. The zero-order valence-electron chi connectivity index (χ0n) is 20.0. The van der Waals surface area contributed by atoms with Crippen molar-refractivity contribution in [3.8, 4) is 0 Å². The van der Waals surface area contributed by atoms with Crippen molar-refractivity contribution in [2.24, 2.45) is 0 Å². The highest BCUT2D eigenvalue weighted by Gasteiger charge is 2.40. The maximum Gasteiger partial charge on any atom is 0.269 e. The molecule has 0 unspecified atom stereocenters. The van der Waals surface area contributed by atoms with E-state index in [2.05, 4.69) is 5.32 Å². The van der Waals surface area contributed by atoms with Crippen LogP contribution < -0.4 is 5.32 Å². The van der Waals surface area contributed by atoms with E-state index in [1.54, 1.807) is 31.2 Å². The molecule has 0 saturated heterocycles. The fourth-order valence-corrected chi connectivity index (χ4v) is 5.41. The summed E-state index contributed by atoms with van der Waals surface area (Å²) in [5.74, 6) is -1.71. The van der Waals surface area contributed by atoms with Crippen molar-refractivity contribution in [1.29, 1.82) is 0 Å². The molecule has 1 aliphatic heterocycles. The van der Waals surface area contributed by atoms with Crippen LogP contribution >= 0.6 is 0 Å². The van der Waals surface area contributed by atoms with Gasteiger partial charge in [0.2, 0.25) is 11.8 Å². The van der Waals surface area contributed by atoms with E-state index in [1.165, 1.54) is 29.2 Å². The highest BCUT2D eigenvalue weighted by molar-refractivity contribution is 7.90. The van der Waals surface area contributed by atoms with E-state index in [-0.39, 0.29) is 54.2 Å². The van der Waals surface area contributed by atoms with Gasteiger partial charge in [-0.3, -0.25) is 14.4 Å². The van der Waals surface area contributed by atoms with Gasteiger partial charge in [-0.05, 0) is 56.5 Å². The standard InChI is InChI=1S/C25H30FN3O5S/c1-4-17(2)27-24(31)18(3)28(16-19-11-13-20(26)14-12-19)23(30)10-7-15-29-25(32)21-8-5-6-9-22(21)35(29,33)34/h5-6,8-9,11-14,17-18H,4,7,10,15-16H2,1-3H3,(H,27,31)/t17-,18-/m0/s1. The number of halogens is 1. The summed E-state index contributed by atoms with van der Waals surface area (Å²) in [4.78, 5) is 39.9. The molecule has 0 aromatic heterocycles. The number of rotatable bonds is 10. The minimum atomic E-state index is -3.95. The zero-order valence-corrected chi connectivity index (χ0v) is 20.8. The molecular weight excluding hydrogens is 473 g/mol. The van der Waals surface area contributed by atoms with Crippen LogP contribution in [-0.4, -0.2) is 54.0 Å². The maximum atomic E-state index is 13.3. The first-order valence-corrected chi connectivity index (χ1v) is 13.0. The van der Waals surface area contributed by atoms with Crippen molar-refractivity contribution in [2.75, 3.05) is 6.54 Å². The minimum absolute atomic E-state index is 0.0374. The second-order valence-corrected chi connectivity index (χ2v) is 10.5. The highest BCUT2D eigenvalue weighted by atomic mass is 32.2. The van der Waals surface area contributed by atoms with E-state index in [4.69, 9.17) is 0 Å². The van der Waals surface area contributed by atoms with E-state index < -0.39 is 27.8 Å². The number of carbonyl (C=O) groups excluding carboxylic acids is 3. The number of amides is 3. The van der Waals surface area contributed by atoms with Crippen LogP contribution in [0.5, 0.6) is 0 Å². The molecule has 10 heteroatoms. The van der Waals surface area contributed by atoms with Crippen LogP contribution in [0, 0.1) is 5.82 Å². The second-order valence-electron chi connectivity index (χ2n) is 8.62. The van der Waals surface area contributed by atoms with Gasteiger partial charge in [0.1, 0.15) is 16.8 Å². The molecule has 2 aromatic rings.